The van der Waals surface area contributed by atoms with Gasteiger partial charge in [-0.15, -0.1) is 0 Å². The Morgan fingerprint density at radius 2 is 1.35 bits per heavy atom. The fraction of sp³-hybridized carbons (Fsp3) is 0.344. The van der Waals surface area contributed by atoms with Crippen LogP contribution in [-0.2, 0) is 30.1 Å². The van der Waals surface area contributed by atoms with E-state index in [1.54, 1.807) is 0 Å². The fourth-order valence-corrected chi connectivity index (χ4v) is 3.74. The zero-order valence-electron chi connectivity index (χ0n) is 24.3. The first-order valence-corrected chi connectivity index (χ1v) is 12.9. The van der Waals surface area contributed by atoms with Crippen LogP contribution in [0.15, 0.2) is 74.3 Å². The number of carbonyl (C=O) groups excluding carboxylic acids is 3. The van der Waals surface area contributed by atoms with E-state index in [1.165, 1.54) is 0 Å². The lowest BCUT2D eigenvalue weighted by molar-refractivity contribution is -0.141. The first-order valence-electron chi connectivity index (χ1n) is 12.9. The Bertz CT molecular complexity index is 1260. The second-order valence-electron chi connectivity index (χ2n) is 10.7. The molecule has 40 heavy (non-hydrogen) atoms. The quantitative estimate of drug-likeness (QED) is 0.179. The lowest BCUT2D eigenvalue weighted by atomic mass is 9.92. The summed E-state index contributed by atoms with van der Waals surface area (Å²) in [6, 6.07) is 15.3. The Morgan fingerprint density at radius 1 is 0.800 bits per heavy atom. The molecule has 0 bridgehead atoms. The maximum Gasteiger partial charge on any atom is 0.408 e. The summed E-state index contributed by atoms with van der Waals surface area (Å²) in [5, 5.41) is 5.63. The molecule has 0 aliphatic rings. The van der Waals surface area contributed by atoms with Gasteiger partial charge in [-0.05, 0) is 69.9 Å². The smallest absolute Gasteiger partial charge is 0.408 e. The van der Waals surface area contributed by atoms with Crippen molar-refractivity contribution in [3.05, 3.63) is 96.6 Å². The van der Waals surface area contributed by atoms with Crippen LogP contribution in [0.2, 0.25) is 0 Å². The number of hydrogen-bond acceptors (Lipinski definition) is 6. The van der Waals surface area contributed by atoms with Crippen molar-refractivity contribution >= 4 is 29.3 Å². The molecule has 8 nitrogen and oxygen atoms in total. The number of allylic oxidation sites excluding steroid dienone is 2. The van der Waals surface area contributed by atoms with Gasteiger partial charge in [0.05, 0.1) is 11.1 Å². The fourth-order valence-electron chi connectivity index (χ4n) is 3.74. The highest BCUT2D eigenvalue weighted by molar-refractivity contribution is 5.81. The molecule has 1 atom stereocenters. The van der Waals surface area contributed by atoms with E-state index in [9.17, 15) is 14.4 Å². The van der Waals surface area contributed by atoms with Crippen molar-refractivity contribution in [1.82, 2.24) is 10.6 Å². The summed E-state index contributed by atoms with van der Waals surface area (Å²) in [5.41, 5.74) is 3.93. The van der Waals surface area contributed by atoms with E-state index in [2.05, 4.69) is 30.4 Å². The summed E-state index contributed by atoms with van der Waals surface area (Å²) < 4.78 is 15.9. The van der Waals surface area contributed by atoms with Crippen LogP contribution in [0.5, 0.6) is 0 Å². The molecule has 0 aromatic heterocycles. The van der Waals surface area contributed by atoms with Gasteiger partial charge in [0.1, 0.15) is 13.2 Å². The van der Waals surface area contributed by atoms with Crippen molar-refractivity contribution in [2.45, 2.75) is 58.7 Å². The molecule has 8 heteroatoms. The Hall–Kier alpha value is -4.33. The van der Waals surface area contributed by atoms with Crippen LogP contribution in [-0.4, -0.2) is 37.5 Å². The Kier molecular flexibility index (Phi) is 10.9. The highest BCUT2D eigenvalue weighted by atomic mass is 16.6. The van der Waals surface area contributed by atoms with E-state index in [0.29, 0.717) is 0 Å². The third-order valence-corrected chi connectivity index (χ3v) is 6.26. The van der Waals surface area contributed by atoms with Crippen LogP contribution < -0.4 is 10.6 Å². The number of amides is 2. The first-order chi connectivity index (χ1) is 18.6. The number of hydrogen-bond donors (Lipinski definition) is 2. The van der Waals surface area contributed by atoms with Gasteiger partial charge < -0.3 is 24.8 Å². The van der Waals surface area contributed by atoms with E-state index in [1.807, 2.05) is 90.1 Å². The van der Waals surface area contributed by atoms with Gasteiger partial charge in [-0.1, -0.05) is 73.3 Å². The standard InChI is InChI=1S/C32H40N2O6/c1-10-28(35)38-19-27(40-30(37)34-31(6,7)25-16-14-23(15-17-25)21(2)3)20-39-29(36)33-32(8,9)26-13-11-12-24(18-26)22(4)5/h10-18,27H,1-2,4,19-20H2,3,5-9H3,(H,33,36)(H,34,37). The highest BCUT2D eigenvalue weighted by Crippen LogP contribution is 2.24. The number of esters is 1. The second kappa shape index (κ2) is 13.6. The van der Waals surface area contributed by atoms with E-state index in [4.69, 9.17) is 14.2 Å². The van der Waals surface area contributed by atoms with Crippen LogP contribution in [0.1, 0.15) is 63.8 Å². The van der Waals surface area contributed by atoms with Crippen LogP contribution in [0.4, 0.5) is 9.59 Å². The maximum absolute atomic E-state index is 12.8. The van der Waals surface area contributed by atoms with Crippen LogP contribution in [0, 0.1) is 0 Å². The third kappa shape index (κ3) is 9.45. The van der Waals surface area contributed by atoms with Gasteiger partial charge in [0.25, 0.3) is 0 Å². The zero-order valence-corrected chi connectivity index (χ0v) is 24.3. The number of alkyl carbamates (subject to hydrolysis) is 2. The molecule has 0 aliphatic carbocycles. The Balaban J connectivity index is 2.05. The molecular formula is C32H40N2O6. The molecule has 2 rings (SSSR count). The Morgan fingerprint density at radius 3 is 1.93 bits per heavy atom. The molecular weight excluding hydrogens is 508 g/mol. The summed E-state index contributed by atoms with van der Waals surface area (Å²) in [7, 11) is 0. The van der Waals surface area contributed by atoms with Crippen molar-refractivity contribution in [1.29, 1.82) is 0 Å². The van der Waals surface area contributed by atoms with Crippen molar-refractivity contribution in [2.24, 2.45) is 0 Å². The van der Waals surface area contributed by atoms with E-state index in [0.717, 1.165) is 39.5 Å². The molecule has 0 radical (unpaired) electrons. The zero-order chi connectivity index (χ0) is 30.1. The predicted molar refractivity (Wildman–Crippen MR) is 157 cm³/mol. The molecule has 2 N–H and O–H groups in total. The number of benzene rings is 2. The molecule has 0 fully saturated rings. The number of rotatable bonds is 12. The van der Waals surface area contributed by atoms with Crippen molar-refractivity contribution in [3.8, 4) is 0 Å². The molecule has 0 saturated heterocycles. The van der Waals surface area contributed by atoms with Gasteiger partial charge in [0.2, 0.25) is 0 Å². The largest absolute Gasteiger partial charge is 0.458 e. The summed E-state index contributed by atoms with van der Waals surface area (Å²) in [4.78, 5) is 37.1. The summed E-state index contributed by atoms with van der Waals surface area (Å²) >= 11 is 0. The van der Waals surface area contributed by atoms with Crippen molar-refractivity contribution < 1.29 is 28.6 Å². The lowest BCUT2D eigenvalue weighted by Gasteiger charge is -2.29. The minimum Gasteiger partial charge on any atom is -0.458 e. The molecule has 0 spiro atoms. The van der Waals surface area contributed by atoms with Crippen LogP contribution in [0.3, 0.4) is 0 Å². The highest BCUT2D eigenvalue weighted by Gasteiger charge is 2.28. The SMILES string of the molecule is C=CC(=O)OCC(COC(=O)NC(C)(C)c1cccc(C(=C)C)c1)OC(=O)NC(C)(C)c1ccc(C(=C)C)cc1. The monoisotopic (exact) mass is 548 g/mol. The number of carbonyl (C=O) groups is 3. The van der Waals surface area contributed by atoms with Crippen molar-refractivity contribution in [3.63, 3.8) is 0 Å². The lowest BCUT2D eigenvalue weighted by Crippen LogP contribution is -2.45. The van der Waals surface area contributed by atoms with E-state index in [-0.39, 0.29) is 13.2 Å². The molecule has 2 amide bonds. The van der Waals surface area contributed by atoms with Gasteiger partial charge in [-0.25, -0.2) is 14.4 Å². The molecule has 214 valence electrons. The third-order valence-electron chi connectivity index (χ3n) is 6.26. The summed E-state index contributed by atoms with van der Waals surface area (Å²) in [5.74, 6) is -0.699. The van der Waals surface area contributed by atoms with Gasteiger partial charge in [-0.2, -0.15) is 0 Å². The van der Waals surface area contributed by atoms with Gasteiger partial charge in [-0.3, -0.25) is 0 Å². The average Bonchev–Trinajstić information content (AvgIpc) is 2.89. The molecule has 2 aromatic carbocycles. The molecule has 0 heterocycles. The summed E-state index contributed by atoms with van der Waals surface area (Å²) in [6.07, 6.45) is -1.57. The van der Waals surface area contributed by atoms with Crippen molar-refractivity contribution in [2.75, 3.05) is 13.2 Å². The molecule has 0 aliphatic heterocycles. The van der Waals surface area contributed by atoms with Gasteiger partial charge in [0, 0.05) is 6.08 Å². The van der Waals surface area contributed by atoms with Crippen LogP contribution in [0.25, 0.3) is 11.1 Å². The second-order valence-corrected chi connectivity index (χ2v) is 10.7. The van der Waals surface area contributed by atoms with Crippen LogP contribution >= 0.6 is 0 Å². The minimum atomic E-state index is -1.06. The number of ether oxygens (including phenoxy) is 3. The van der Waals surface area contributed by atoms with Gasteiger partial charge in [0.15, 0.2) is 6.10 Å². The average molecular weight is 549 g/mol. The van der Waals surface area contributed by atoms with E-state index >= 15 is 0 Å². The first kappa shape index (κ1) is 31.9. The maximum atomic E-state index is 12.8. The molecule has 0 saturated carbocycles. The van der Waals surface area contributed by atoms with E-state index < -0.39 is 35.3 Å². The normalized spacial score (nSPS) is 11.9. The minimum absolute atomic E-state index is 0.330. The topological polar surface area (TPSA) is 103 Å². The summed E-state index contributed by atoms with van der Waals surface area (Å²) in [6.45, 7) is 21.7. The molecule has 1 unspecified atom stereocenters. The number of nitrogens with one attached hydrogen (secondary N) is 2. The molecule has 2 aromatic rings. The Labute approximate surface area is 237 Å². The van der Waals surface area contributed by atoms with Gasteiger partial charge >= 0.3 is 18.2 Å². The predicted octanol–water partition coefficient (Wildman–Crippen LogP) is 6.47.